The Labute approximate surface area is 213 Å². The fourth-order valence-electron chi connectivity index (χ4n) is 3.49. The number of sulfone groups is 1. The molecule has 180 valence electrons. The van der Waals surface area contributed by atoms with Gasteiger partial charge in [-0.15, -0.1) is 0 Å². The van der Waals surface area contributed by atoms with Crippen LogP contribution in [0.1, 0.15) is 32.9 Å². The van der Waals surface area contributed by atoms with Gasteiger partial charge in [0.25, 0.3) is 5.91 Å². The van der Waals surface area contributed by atoms with Gasteiger partial charge in [0.05, 0.1) is 29.8 Å². The number of aryl methyl sites for hydroxylation is 1. The average molecular weight is 530 g/mol. The van der Waals surface area contributed by atoms with E-state index in [2.05, 4.69) is 9.97 Å². The first-order valence-corrected chi connectivity index (χ1v) is 13.0. The van der Waals surface area contributed by atoms with Crippen molar-refractivity contribution in [3.63, 3.8) is 0 Å². The van der Waals surface area contributed by atoms with Crippen molar-refractivity contribution < 1.29 is 17.6 Å². The Kier molecular flexibility index (Phi) is 7.54. The second-order valence-corrected chi connectivity index (χ2v) is 10.7. The first-order chi connectivity index (χ1) is 16.7. The lowest BCUT2D eigenvalue weighted by Gasteiger charge is -2.22. The summed E-state index contributed by atoms with van der Waals surface area (Å²) in [6, 6.07) is 17.6. The summed E-state index contributed by atoms with van der Waals surface area (Å²) in [4.78, 5) is 23.0. The minimum absolute atomic E-state index is 0.0509. The fraction of sp³-hybridized carbons (Fsp3) is 0.160. The van der Waals surface area contributed by atoms with Crippen LogP contribution < -0.4 is 0 Å². The highest BCUT2D eigenvalue weighted by molar-refractivity contribution is 7.90. The molecule has 0 fully saturated rings. The van der Waals surface area contributed by atoms with E-state index in [0.717, 1.165) is 17.3 Å². The number of carbonyl (C=O) groups is 1. The zero-order valence-electron chi connectivity index (χ0n) is 18.7. The number of nitrogens with zero attached hydrogens (tertiary/aromatic N) is 3. The minimum Gasteiger partial charge on any atom is -0.467 e. The molecule has 2 aromatic heterocycles. The Morgan fingerprint density at radius 3 is 2.46 bits per heavy atom. The molecule has 7 nitrogen and oxygen atoms in total. The number of amides is 1. The van der Waals surface area contributed by atoms with Gasteiger partial charge in [-0.3, -0.25) is 4.79 Å². The maximum Gasteiger partial charge on any atom is 0.274 e. The second kappa shape index (κ2) is 10.6. The molecule has 2 heterocycles. The molecule has 0 aliphatic heterocycles. The molecular weight excluding hydrogens is 509 g/mol. The zero-order valence-corrected chi connectivity index (χ0v) is 21.0. The number of hydrogen-bond acceptors (Lipinski definition) is 6. The monoisotopic (exact) mass is 529 g/mol. The van der Waals surface area contributed by atoms with Gasteiger partial charge in [0.15, 0.2) is 5.69 Å². The second-order valence-electron chi connectivity index (χ2n) is 7.96. The van der Waals surface area contributed by atoms with E-state index in [4.69, 9.17) is 27.6 Å². The van der Waals surface area contributed by atoms with E-state index < -0.39 is 20.9 Å². The van der Waals surface area contributed by atoms with Crippen LogP contribution in [-0.4, -0.2) is 29.2 Å². The van der Waals surface area contributed by atoms with Gasteiger partial charge < -0.3 is 9.32 Å². The number of rotatable bonds is 8. The molecule has 4 rings (SSSR count). The molecule has 1 amide bonds. The van der Waals surface area contributed by atoms with Gasteiger partial charge in [-0.1, -0.05) is 65.2 Å². The van der Waals surface area contributed by atoms with E-state index in [9.17, 15) is 13.2 Å². The van der Waals surface area contributed by atoms with Crippen LogP contribution in [0.4, 0.5) is 0 Å². The molecule has 0 bridgehead atoms. The molecule has 0 saturated heterocycles. The number of hydrogen-bond donors (Lipinski definition) is 0. The number of halogens is 2. The van der Waals surface area contributed by atoms with Crippen molar-refractivity contribution in [3.8, 4) is 0 Å². The predicted octanol–water partition coefficient (Wildman–Crippen LogP) is 5.50. The lowest BCUT2D eigenvalue weighted by Crippen LogP contribution is -2.31. The molecule has 0 radical (unpaired) electrons. The summed E-state index contributed by atoms with van der Waals surface area (Å²) in [6.45, 7) is 2.20. The van der Waals surface area contributed by atoms with Crippen LogP contribution in [0.2, 0.25) is 10.0 Å². The van der Waals surface area contributed by atoms with Crippen LogP contribution in [0.3, 0.4) is 0 Å². The Bertz CT molecular complexity index is 1440. The number of benzene rings is 2. The normalized spacial score (nSPS) is 11.4. The SMILES string of the molecule is Cc1cccc(CS(=O)(=O)c2ncc(Cl)c(C(=O)N(Cc3ccc(Cl)cc3)Cc3ccco3)n2)c1. The molecule has 10 heteroatoms. The van der Waals surface area contributed by atoms with Gasteiger partial charge in [-0.2, -0.15) is 0 Å². The van der Waals surface area contributed by atoms with Gasteiger partial charge >= 0.3 is 0 Å². The van der Waals surface area contributed by atoms with Crippen molar-refractivity contribution in [2.24, 2.45) is 0 Å². The fourth-order valence-corrected chi connectivity index (χ4v) is 4.98. The third-order valence-electron chi connectivity index (χ3n) is 5.14. The first kappa shape index (κ1) is 24.9. The van der Waals surface area contributed by atoms with Crippen molar-refractivity contribution >= 4 is 38.9 Å². The van der Waals surface area contributed by atoms with E-state index in [1.807, 2.05) is 13.0 Å². The van der Waals surface area contributed by atoms with Gasteiger partial charge in [-0.25, -0.2) is 18.4 Å². The van der Waals surface area contributed by atoms with Crippen LogP contribution in [0.15, 0.2) is 82.7 Å². The van der Waals surface area contributed by atoms with Crippen molar-refractivity contribution in [1.29, 1.82) is 0 Å². The molecular formula is C25H21Cl2N3O4S. The highest BCUT2D eigenvalue weighted by Crippen LogP contribution is 2.22. The van der Waals surface area contributed by atoms with E-state index in [1.165, 1.54) is 11.2 Å². The number of carbonyl (C=O) groups excluding carboxylic acids is 1. The first-order valence-electron chi connectivity index (χ1n) is 10.6. The van der Waals surface area contributed by atoms with Crippen LogP contribution in [0, 0.1) is 6.92 Å². The molecule has 0 spiro atoms. The van der Waals surface area contributed by atoms with E-state index in [0.29, 0.717) is 16.3 Å². The minimum atomic E-state index is -3.93. The summed E-state index contributed by atoms with van der Waals surface area (Å²) in [5.41, 5.74) is 2.14. The molecule has 0 aliphatic carbocycles. The van der Waals surface area contributed by atoms with Crippen LogP contribution >= 0.6 is 23.2 Å². The van der Waals surface area contributed by atoms with Crippen molar-refractivity contribution in [2.75, 3.05) is 0 Å². The molecule has 35 heavy (non-hydrogen) atoms. The van der Waals surface area contributed by atoms with E-state index in [1.54, 1.807) is 54.6 Å². The maximum atomic E-state index is 13.5. The van der Waals surface area contributed by atoms with E-state index >= 15 is 0 Å². The summed E-state index contributed by atoms with van der Waals surface area (Å²) >= 11 is 12.2. The van der Waals surface area contributed by atoms with Crippen molar-refractivity contribution in [1.82, 2.24) is 14.9 Å². The molecule has 0 unspecified atom stereocenters. The lowest BCUT2D eigenvalue weighted by atomic mass is 10.2. The van der Waals surface area contributed by atoms with E-state index in [-0.39, 0.29) is 29.6 Å². The predicted molar refractivity (Wildman–Crippen MR) is 133 cm³/mol. The molecule has 0 atom stereocenters. The van der Waals surface area contributed by atoms with Crippen LogP contribution in [-0.2, 0) is 28.7 Å². The molecule has 2 aromatic carbocycles. The maximum absolute atomic E-state index is 13.5. The molecule has 4 aromatic rings. The highest BCUT2D eigenvalue weighted by Gasteiger charge is 2.26. The standard InChI is InChI=1S/C25H21Cl2N3O4S/c1-17-4-2-5-19(12-17)16-35(32,33)25-28-13-22(27)23(29-25)24(31)30(15-21-6-3-11-34-21)14-18-7-9-20(26)10-8-18/h2-13H,14-16H2,1H3. The van der Waals surface area contributed by atoms with Crippen LogP contribution in [0.5, 0.6) is 0 Å². The van der Waals surface area contributed by atoms with Gasteiger partial charge in [-0.05, 0) is 42.3 Å². The Morgan fingerprint density at radius 1 is 1.00 bits per heavy atom. The van der Waals surface area contributed by atoms with Gasteiger partial charge in [0.1, 0.15) is 5.76 Å². The quantitative estimate of drug-likeness (QED) is 0.279. The van der Waals surface area contributed by atoms with Crippen molar-refractivity contribution in [3.05, 3.63) is 111 Å². The van der Waals surface area contributed by atoms with Gasteiger partial charge in [0, 0.05) is 11.6 Å². The topological polar surface area (TPSA) is 93.4 Å². The molecule has 0 saturated carbocycles. The highest BCUT2D eigenvalue weighted by atomic mass is 35.5. The summed E-state index contributed by atoms with van der Waals surface area (Å²) < 4.78 is 31.5. The molecule has 0 aliphatic rings. The smallest absolute Gasteiger partial charge is 0.274 e. The summed E-state index contributed by atoms with van der Waals surface area (Å²) in [6.07, 6.45) is 2.65. The summed E-state index contributed by atoms with van der Waals surface area (Å²) in [5.74, 6) is -0.314. The number of furan rings is 1. The zero-order chi connectivity index (χ0) is 25.0. The Morgan fingerprint density at radius 2 is 1.77 bits per heavy atom. The molecule has 0 N–H and O–H groups in total. The van der Waals surface area contributed by atoms with Crippen LogP contribution in [0.25, 0.3) is 0 Å². The van der Waals surface area contributed by atoms with Crippen molar-refractivity contribution in [2.45, 2.75) is 30.9 Å². The largest absolute Gasteiger partial charge is 0.467 e. The summed E-state index contributed by atoms with van der Waals surface area (Å²) in [7, 11) is -3.93. The number of aromatic nitrogens is 2. The average Bonchev–Trinajstić information content (AvgIpc) is 3.33. The summed E-state index contributed by atoms with van der Waals surface area (Å²) in [5, 5.41) is 0.0567. The van der Waals surface area contributed by atoms with Gasteiger partial charge in [0.2, 0.25) is 15.0 Å². The third-order valence-corrected chi connectivity index (χ3v) is 7.14. The Balaban J connectivity index is 1.65. The Hall–Kier alpha value is -3.20. The lowest BCUT2D eigenvalue weighted by molar-refractivity contribution is 0.0710. The third kappa shape index (κ3) is 6.28.